The van der Waals surface area contributed by atoms with Gasteiger partial charge in [-0.2, -0.15) is 0 Å². The van der Waals surface area contributed by atoms with Crippen molar-refractivity contribution >= 4 is 5.91 Å². The van der Waals surface area contributed by atoms with Crippen molar-refractivity contribution in [2.75, 3.05) is 26.2 Å². The fraction of sp³-hybridized carbons (Fsp3) is 0.632. The Labute approximate surface area is 143 Å². The fourth-order valence-electron chi connectivity index (χ4n) is 3.86. The summed E-state index contributed by atoms with van der Waals surface area (Å²) in [4.78, 5) is 17.0. The van der Waals surface area contributed by atoms with Gasteiger partial charge in [-0.1, -0.05) is 12.1 Å². The lowest BCUT2D eigenvalue weighted by molar-refractivity contribution is -0.145. The van der Waals surface area contributed by atoms with Gasteiger partial charge in [-0.25, -0.2) is 4.39 Å². The second kappa shape index (κ2) is 7.62. The van der Waals surface area contributed by atoms with Crippen LogP contribution in [0.15, 0.2) is 24.3 Å². The van der Waals surface area contributed by atoms with E-state index in [2.05, 4.69) is 18.7 Å². The number of hydrogen-bond acceptors (Lipinski definition) is 3. The van der Waals surface area contributed by atoms with Crippen LogP contribution in [0.3, 0.4) is 0 Å². The van der Waals surface area contributed by atoms with Crippen LogP contribution in [0, 0.1) is 5.82 Å². The number of nitrogens with zero attached hydrogens (tertiary/aromatic N) is 2. The largest absolute Gasteiger partial charge is 0.368 e. The molecule has 1 amide bonds. The summed E-state index contributed by atoms with van der Waals surface area (Å²) in [6.07, 6.45) is 2.51. The van der Waals surface area contributed by atoms with Crippen LogP contribution in [-0.2, 0) is 16.0 Å². The number of carbonyl (C=O) groups excluding carboxylic acids is 1. The molecule has 4 nitrogen and oxygen atoms in total. The number of halogens is 1. The van der Waals surface area contributed by atoms with Crippen LogP contribution < -0.4 is 0 Å². The van der Waals surface area contributed by atoms with Crippen LogP contribution in [0.2, 0.25) is 0 Å². The number of piperazine rings is 1. The molecule has 2 saturated heterocycles. The molecular formula is C19H27FN2O2. The number of hydrogen-bond donors (Lipinski definition) is 0. The average Bonchev–Trinajstić information content (AvgIpc) is 3.09. The van der Waals surface area contributed by atoms with E-state index in [4.69, 9.17) is 4.74 Å². The molecule has 3 atom stereocenters. The third kappa shape index (κ3) is 3.95. The minimum atomic E-state index is -0.227. The summed E-state index contributed by atoms with van der Waals surface area (Å²) in [6.45, 7) is 7.50. The van der Waals surface area contributed by atoms with Gasteiger partial charge in [0, 0.05) is 38.3 Å². The lowest BCUT2D eigenvalue weighted by Gasteiger charge is -2.45. The minimum Gasteiger partial charge on any atom is -0.368 e. The molecule has 3 rings (SSSR count). The molecule has 132 valence electrons. The van der Waals surface area contributed by atoms with Crippen molar-refractivity contribution in [1.29, 1.82) is 0 Å². The Bertz CT molecular complexity index is 545. The lowest BCUT2D eigenvalue weighted by Crippen LogP contribution is -2.59. The highest BCUT2D eigenvalue weighted by molar-refractivity contribution is 5.81. The Morgan fingerprint density at radius 1 is 1.21 bits per heavy atom. The van der Waals surface area contributed by atoms with Crippen molar-refractivity contribution in [1.82, 2.24) is 9.80 Å². The smallest absolute Gasteiger partial charge is 0.251 e. The topological polar surface area (TPSA) is 32.8 Å². The van der Waals surface area contributed by atoms with Gasteiger partial charge in [0.05, 0.1) is 0 Å². The van der Waals surface area contributed by atoms with Crippen LogP contribution in [0.25, 0.3) is 0 Å². The Morgan fingerprint density at radius 3 is 2.46 bits per heavy atom. The van der Waals surface area contributed by atoms with Gasteiger partial charge in [0.1, 0.15) is 11.9 Å². The van der Waals surface area contributed by atoms with Gasteiger partial charge in [0.25, 0.3) is 5.91 Å². The maximum Gasteiger partial charge on any atom is 0.251 e. The lowest BCUT2D eigenvalue weighted by atomic mass is 10.0. The van der Waals surface area contributed by atoms with E-state index in [0.29, 0.717) is 18.7 Å². The van der Waals surface area contributed by atoms with Crippen molar-refractivity contribution in [2.24, 2.45) is 0 Å². The third-order valence-corrected chi connectivity index (χ3v) is 5.19. The first-order valence-corrected chi connectivity index (χ1v) is 8.95. The third-order valence-electron chi connectivity index (χ3n) is 5.19. The van der Waals surface area contributed by atoms with E-state index in [1.54, 1.807) is 0 Å². The molecule has 3 unspecified atom stereocenters. The summed E-state index contributed by atoms with van der Waals surface area (Å²) in [5, 5.41) is 0. The van der Waals surface area contributed by atoms with Crippen molar-refractivity contribution in [3.05, 3.63) is 35.6 Å². The molecular weight excluding hydrogens is 307 g/mol. The highest BCUT2D eigenvalue weighted by atomic mass is 19.1. The molecule has 24 heavy (non-hydrogen) atoms. The molecule has 2 fully saturated rings. The Kier molecular flexibility index (Phi) is 5.51. The normalized spacial score (nSPS) is 28.3. The summed E-state index contributed by atoms with van der Waals surface area (Å²) in [6, 6.07) is 7.36. The number of ether oxygens (including phenoxy) is 1. The molecule has 2 heterocycles. The predicted octanol–water partition coefficient (Wildman–Crippen LogP) is 2.47. The molecule has 0 spiro atoms. The van der Waals surface area contributed by atoms with Crippen molar-refractivity contribution in [3.8, 4) is 0 Å². The summed E-state index contributed by atoms with van der Waals surface area (Å²) in [5.41, 5.74) is 1.15. The number of rotatable bonds is 4. The van der Waals surface area contributed by atoms with Gasteiger partial charge in [0.15, 0.2) is 0 Å². The zero-order chi connectivity index (χ0) is 17.1. The molecule has 0 aromatic heterocycles. The first-order valence-electron chi connectivity index (χ1n) is 8.95. The molecule has 2 aliphatic heterocycles. The highest BCUT2D eigenvalue weighted by Crippen LogP contribution is 2.21. The fourth-order valence-corrected chi connectivity index (χ4v) is 3.86. The van der Waals surface area contributed by atoms with Crippen molar-refractivity contribution < 1.29 is 13.9 Å². The van der Waals surface area contributed by atoms with E-state index >= 15 is 0 Å². The summed E-state index contributed by atoms with van der Waals surface area (Å²) in [7, 11) is 0. The molecule has 0 aliphatic carbocycles. The van der Waals surface area contributed by atoms with Gasteiger partial charge < -0.3 is 9.64 Å². The zero-order valence-corrected chi connectivity index (χ0v) is 14.6. The molecule has 0 radical (unpaired) electrons. The van der Waals surface area contributed by atoms with Crippen LogP contribution >= 0.6 is 0 Å². The second-order valence-corrected chi connectivity index (χ2v) is 7.06. The van der Waals surface area contributed by atoms with Crippen LogP contribution in [-0.4, -0.2) is 60.1 Å². The first-order chi connectivity index (χ1) is 11.5. The van der Waals surface area contributed by atoms with Crippen LogP contribution in [0.5, 0.6) is 0 Å². The van der Waals surface area contributed by atoms with Gasteiger partial charge in [0.2, 0.25) is 0 Å². The molecule has 1 aromatic rings. The monoisotopic (exact) mass is 334 g/mol. The first kappa shape index (κ1) is 17.4. The molecule has 0 saturated carbocycles. The summed E-state index contributed by atoms with van der Waals surface area (Å²) < 4.78 is 18.5. The number of amides is 1. The Balaban J connectivity index is 1.55. The van der Waals surface area contributed by atoms with Gasteiger partial charge in [-0.15, -0.1) is 0 Å². The van der Waals surface area contributed by atoms with Gasteiger partial charge in [-0.3, -0.25) is 9.69 Å². The van der Waals surface area contributed by atoms with E-state index in [9.17, 15) is 9.18 Å². The van der Waals surface area contributed by atoms with E-state index in [0.717, 1.165) is 44.5 Å². The summed E-state index contributed by atoms with van der Waals surface area (Å²) >= 11 is 0. The van der Waals surface area contributed by atoms with Gasteiger partial charge in [-0.05, 0) is 50.8 Å². The number of carbonyl (C=O) groups is 1. The maximum atomic E-state index is 13.0. The predicted molar refractivity (Wildman–Crippen MR) is 91.3 cm³/mol. The SMILES string of the molecule is CC1CN(C(=O)C2CCCO2)CC(C)N1CCc1ccc(F)cc1. The molecule has 0 N–H and O–H groups in total. The molecule has 5 heteroatoms. The van der Waals surface area contributed by atoms with Crippen LogP contribution in [0.1, 0.15) is 32.3 Å². The number of benzene rings is 1. The van der Waals surface area contributed by atoms with E-state index in [1.165, 1.54) is 12.1 Å². The van der Waals surface area contributed by atoms with Gasteiger partial charge >= 0.3 is 0 Å². The maximum absolute atomic E-state index is 13.0. The zero-order valence-electron chi connectivity index (χ0n) is 14.6. The van der Waals surface area contributed by atoms with E-state index in [-0.39, 0.29) is 17.8 Å². The summed E-state index contributed by atoms with van der Waals surface area (Å²) in [5.74, 6) is -0.0360. The van der Waals surface area contributed by atoms with Crippen molar-refractivity contribution in [2.45, 2.75) is 51.3 Å². The van der Waals surface area contributed by atoms with E-state index < -0.39 is 0 Å². The average molecular weight is 334 g/mol. The quantitative estimate of drug-likeness (QED) is 0.848. The van der Waals surface area contributed by atoms with E-state index in [1.807, 2.05) is 17.0 Å². The standard InChI is InChI=1S/C19H27FN2O2/c1-14-12-21(19(23)18-4-3-11-24-18)13-15(2)22(14)10-9-16-5-7-17(20)8-6-16/h5-8,14-15,18H,3-4,9-13H2,1-2H3. The minimum absolute atomic E-state index is 0.157. The second-order valence-electron chi connectivity index (χ2n) is 7.06. The molecule has 2 aliphatic rings. The molecule has 0 bridgehead atoms. The molecule has 1 aromatic carbocycles. The van der Waals surface area contributed by atoms with Crippen molar-refractivity contribution in [3.63, 3.8) is 0 Å². The Hall–Kier alpha value is -1.46. The highest BCUT2D eigenvalue weighted by Gasteiger charge is 2.35. The van der Waals surface area contributed by atoms with Crippen LogP contribution in [0.4, 0.5) is 4.39 Å². The Morgan fingerprint density at radius 2 is 1.88 bits per heavy atom.